The molecule has 1 atom stereocenters. The van der Waals surface area contributed by atoms with Gasteiger partial charge in [0, 0.05) is 16.5 Å². The minimum Gasteiger partial charge on any atom is -0.378 e. The second-order valence-electron chi connectivity index (χ2n) is 3.09. The van der Waals surface area contributed by atoms with Crippen molar-refractivity contribution in [3.63, 3.8) is 0 Å². The van der Waals surface area contributed by atoms with Gasteiger partial charge in [-0.1, -0.05) is 11.6 Å². The molecule has 0 amide bonds. The Morgan fingerprint density at radius 2 is 2.14 bits per heavy atom. The van der Waals surface area contributed by atoms with E-state index in [4.69, 9.17) is 16.3 Å². The van der Waals surface area contributed by atoms with Crippen molar-refractivity contribution in [3.8, 4) is 0 Å². The molecule has 14 heavy (non-hydrogen) atoms. The third-order valence-corrected chi connectivity index (χ3v) is 3.36. The van der Waals surface area contributed by atoms with Crippen LogP contribution < -0.4 is 5.32 Å². The Balaban J connectivity index is 1.92. The maximum atomic E-state index is 5.80. The standard InChI is InChI=1S/C10H12ClNOS/c11-8-1-3-9(4-2-8)14-10-7-13-6-5-12-10/h1-4,10,12H,5-7H2. The van der Waals surface area contributed by atoms with Crippen LogP contribution in [0.25, 0.3) is 0 Å². The lowest BCUT2D eigenvalue weighted by atomic mass is 10.4. The first-order valence-electron chi connectivity index (χ1n) is 4.58. The van der Waals surface area contributed by atoms with E-state index >= 15 is 0 Å². The highest BCUT2D eigenvalue weighted by molar-refractivity contribution is 8.00. The number of nitrogens with one attached hydrogen (secondary N) is 1. The molecule has 1 unspecified atom stereocenters. The molecule has 2 nitrogen and oxygen atoms in total. The molecule has 0 saturated carbocycles. The largest absolute Gasteiger partial charge is 0.378 e. The normalized spacial score (nSPS) is 22.2. The highest BCUT2D eigenvalue weighted by atomic mass is 35.5. The summed E-state index contributed by atoms with van der Waals surface area (Å²) in [6, 6.07) is 7.88. The molecular formula is C10H12ClNOS. The zero-order chi connectivity index (χ0) is 9.80. The summed E-state index contributed by atoms with van der Waals surface area (Å²) in [6.45, 7) is 2.52. The number of thioether (sulfide) groups is 1. The van der Waals surface area contributed by atoms with E-state index in [0.29, 0.717) is 5.37 Å². The molecule has 0 spiro atoms. The monoisotopic (exact) mass is 229 g/mol. The van der Waals surface area contributed by atoms with Crippen molar-refractivity contribution in [1.29, 1.82) is 0 Å². The van der Waals surface area contributed by atoms with Crippen LogP contribution in [0.1, 0.15) is 0 Å². The molecule has 1 N–H and O–H groups in total. The predicted molar refractivity (Wildman–Crippen MR) is 59.9 cm³/mol. The summed E-state index contributed by atoms with van der Waals surface area (Å²) in [7, 11) is 0. The molecule has 0 bridgehead atoms. The SMILES string of the molecule is Clc1ccc(SC2COCCN2)cc1. The molecule has 1 aliphatic heterocycles. The molecule has 1 saturated heterocycles. The van der Waals surface area contributed by atoms with Crippen LogP contribution in [0, 0.1) is 0 Å². The van der Waals surface area contributed by atoms with Crippen molar-refractivity contribution in [2.75, 3.05) is 19.8 Å². The van der Waals surface area contributed by atoms with Gasteiger partial charge in [0.05, 0.1) is 18.6 Å². The molecule has 1 heterocycles. The Hall–Kier alpha value is -0.220. The highest BCUT2D eigenvalue weighted by Gasteiger charge is 2.13. The van der Waals surface area contributed by atoms with Crippen molar-refractivity contribution in [1.82, 2.24) is 5.32 Å². The molecule has 1 aliphatic rings. The van der Waals surface area contributed by atoms with Crippen LogP contribution in [0.15, 0.2) is 29.2 Å². The molecule has 2 rings (SSSR count). The predicted octanol–water partition coefficient (Wildman–Crippen LogP) is 2.38. The second kappa shape index (κ2) is 5.03. The number of ether oxygens (including phenoxy) is 1. The van der Waals surface area contributed by atoms with Crippen LogP contribution in [-0.2, 0) is 4.74 Å². The quantitative estimate of drug-likeness (QED) is 0.842. The van der Waals surface area contributed by atoms with Gasteiger partial charge in [-0.15, -0.1) is 11.8 Å². The van der Waals surface area contributed by atoms with E-state index in [1.165, 1.54) is 4.90 Å². The van der Waals surface area contributed by atoms with Crippen molar-refractivity contribution < 1.29 is 4.74 Å². The molecule has 0 radical (unpaired) electrons. The van der Waals surface area contributed by atoms with Gasteiger partial charge < -0.3 is 10.1 Å². The Labute approximate surface area is 93.0 Å². The van der Waals surface area contributed by atoms with E-state index in [2.05, 4.69) is 5.32 Å². The number of rotatable bonds is 2. The lowest BCUT2D eigenvalue weighted by molar-refractivity contribution is 0.100. The Bertz CT molecular complexity index is 285. The first-order valence-corrected chi connectivity index (χ1v) is 5.84. The smallest absolute Gasteiger partial charge is 0.0817 e. The molecule has 1 fully saturated rings. The molecule has 0 aliphatic carbocycles. The molecule has 76 valence electrons. The van der Waals surface area contributed by atoms with Crippen LogP contribution >= 0.6 is 23.4 Å². The van der Waals surface area contributed by atoms with Crippen LogP contribution in [0.2, 0.25) is 5.02 Å². The first kappa shape index (κ1) is 10.3. The van der Waals surface area contributed by atoms with Gasteiger partial charge in [0.2, 0.25) is 0 Å². The highest BCUT2D eigenvalue weighted by Crippen LogP contribution is 2.24. The number of morpholine rings is 1. The average molecular weight is 230 g/mol. The fraction of sp³-hybridized carbons (Fsp3) is 0.400. The summed E-state index contributed by atoms with van der Waals surface area (Å²) < 4.78 is 5.37. The second-order valence-corrected chi connectivity index (χ2v) is 4.80. The number of hydrogen-bond donors (Lipinski definition) is 1. The number of hydrogen-bond acceptors (Lipinski definition) is 3. The van der Waals surface area contributed by atoms with Gasteiger partial charge in [-0.2, -0.15) is 0 Å². The van der Waals surface area contributed by atoms with Crippen molar-refractivity contribution >= 4 is 23.4 Å². The van der Waals surface area contributed by atoms with Gasteiger partial charge in [-0.05, 0) is 24.3 Å². The lowest BCUT2D eigenvalue weighted by Gasteiger charge is -2.23. The summed E-state index contributed by atoms with van der Waals surface area (Å²) in [5, 5.41) is 4.53. The lowest BCUT2D eigenvalue weighted by Crippen LogP contribution is -2.38. The van der Waals surface area contributed by atoms with E-state index in [-0.39, 0.29) is 0 Å². The summed E-state index contributed by atoms with van der Waals surface area (Å²) in [5.41, 5.74) is 0. The molecule has 4 heteroatoms. The van der Waals surface area contributed by atoms with E-state index in [0.717, 1.165) is 24.8 Å². The molecule has 0 aromatic heterocycles. The minimum absolute atomic E-state index is 0.366. The molecule has 1 aromatic rings. The van der Waals surface area contributed by atoms with Gasteiger partial charge in [-0.25, -0.2) is 0 Å². The average Bonchev–Trinajstić information content (AvgIpc) is 2.23. The zero-order valence-corrected chi connectivity index (χ0v) is 9.27. The van der Waals surface area contributed by atoms with E-state index < -0.39 is 0 Å². The third-order valence-electron chi connectivity index (χ3n) is 1.98. The molecular weight excluding hydrogens is 218 g/mol. The van der Waals surface area contributed by atoms with Crippen molar-refractivity contribution in [2.24, 2.45) is 0 Å². The summed E-state index contributed by atoms with van der Waals surface area (Å²) in [5.74, 6) is 0. The van der Waals surface area contributed by atoms with E-state index in [1.54, 1.807) is 11.8 Å². The van der Waals surface area contributed by atoms with Gasteiger partial charge in [0.15, 0.2) is 0 Å². The van der Waals surface area contributed by atoms with E-state index in [1.807, 2.05) is 24.3 Å². The maximum Gasteiger partial charge on any atom is 0.0817 e. The van der Waals surface area contributed by atoms with Crippen LogP contribution in [0.4, 0.5) is 0 Å². The van der Waals surface area contributed by atoms with Crippen LogP contribution in [0.5, 0.6) is 0 Å². The van der Waals surface area contributed by atoms with Crippen LogP contribution in [0.3, 0.4) is 0 Å². The fourth-order valence-corrected chi connectivity index (χ4v) is 2.41. The van der Waals surface area contributed by atoms with E-state index in [9.17, 15) is 0 Å². The maximum absolute atomic E-state index is 5.80. The van der Waals surface area contributed by atoms with Gasteiger partial charge in [0.25, 0.3) is 0 Å². The third kappa shape index (κ3) is 2.89. The van der Waals surface area contributed by atoms with Gasteiger partial charge in [0.1, 0.15) is 0 Å². The summed E-state index contributed by atoms with van der Waals surface area (Å²) in [6.07, 6.45) is 0. The van der Waals surface area contributed by atoms with Crippen LogP contribution in [-0.4, -0.2) is 25.1 Å². The Kier molecular flexibility index (Phi) is 3.70. The fourth-order valence-electron chi connectivity index (χ4n) is 1.29. The topological polar surface area (TPSA) is 21.3 Å². The van der Waals surface area contributed by atoms with Crippen molar-refractivity contribution in [2.45, 2.75) is 10.3 Å². The zero-order valence-electron chi connectivity index (χ0n) is 7.70. The Morgan fingerprint density at radius 3 is 2.79 bits per heavy atom. The molecule has 1 aromatic carbocycles. The summed E-state index contributed by atoms with van der Waals surface area (Å²) >= 11 is 7.58. The summed E-state index contributed by atoms with van der Waals surface area (Å²) in [4.78, 5) is 1.22. The Morgan fingerprint density at radius 1 is 1.36 bits per heavy atom. The van der Waals surface area contributed by atoms with Gasteiger partial charge in [-0.3, -0.25) is 0 Å². The van der Waals surface area contributed by atoms with Crippen molar-refractivity contribution in [3.05, 3.63) is 29.3 Å². The minimum atomic E-state index is 0.366. The first-order chi connectivity index (χ1) is 6.84. The number of halogens is 1. The number of benzene rings is 1. The van der Waals surface area contributed by atoms with Gasteiger partial charge >= 0.3 is 0 Å².